The van der Waals surface area contributed by atoms with Gasteiger partial charge in [-0.05, 0) is 24.0 Å². The molecule has 1 N–H and O–H groups in total. The van der Waals surface area contributed by atoms with Crippen LogP contribution in [0.4, 0.5) is 0 Å². The number of pyridine rings is 1. The summed E-state index contributed by atoms with van der Waals surface area (Å²) in [5.74, 6) is 0. The van der Waals surface area contributed by atoms with Gasteiger partial charge in [0.05, 0.1) is 4.90 Å². The molecule has 0 saturated heterocycles. The smallest absolute Gasteiger partial charge is 0.241 e. The maximum atomic E-state index is 12.4. The SMILES string of the molecule is CC(C)(C)CCNS(=O)(=O)c1cccc2cnccc12. The summed E-state index contributed by atoms with van der Waals surface area (Å²) in [6, 6.07) is 6.95. The first-order chi connectivity index (χ1) is 9.30. The van der Waals surface area contributed by atoms with E-state index in [2.05, 4.69) is 30.5 Å². The van der Waals surface area contributed by atoms with Gasteiger partial charge in [0.15, 0.2) is 0 Å². The van der Waals surface area contributed by atoms with E-state index < -0.39 is 10.0 Å². The molecule has 0 unspecified atom stereocenters. The van der Waals surface area contributed by atoms with Crippen LogP contribution < -0.4 is 4.72 Å². The highest BCUT2D eigenvalue weighted by atomic mass is 32.2. The molecule has 0 radical (unpaired) electrons. The van der Waals surface area contributed by atoms with Gasteiger partial charge in [-0.3, -0.25) is 4.98 Å². The standard InChI is InChI=1S/C15H20N2O2S/c1-15(2,3)8-10-17-20(18,19)14-6-4-5-12-11-16-9-7-13(12)14/h4-7,9,11,17H,8,10H2,1-3H3. The van der Waals surface area contributed by atoms with Crippen LogP contribution in [0.1, 0.15) is 27.2 Å². The number of nitrogens with zero attached hydrogens (tertiary/aromatic N) is 1. The van der Waals surface area contributed by atoms with Crippen molar-refractivity contribution < 1.29 is 8.42 Å². The number of nitrogens with one attached hydrogen (secondary N) is 1. The summed E-state index contributed by atoms with van der Waals surface area (Å²) in [4.78, 5) is 4.33. The fourth-order valence-electron chi connectivity index (χ4n) is 1.97. The Labute approximate surface area is 120 Å². The molecular weight excluding hydrogens is 272 g/mol. The molecule has 1 heterocycles. The Kier molecular flexibility index (Phi) is 4.11. The molecule has 20 heavy (non-hydrogen) atoms. The van der Waals surface area contributed by atoms with Crippen molar-refractivity contribution in [3.8, 4) is 0 Å². The Morgan fingerprint density at radius 1 is 1.20 bits per heavy atom. The zero-order chi connectivity index (χ0) is 14.8. The van der Waals surface area contributed by atoms with Gasteiger partial charge in [0.1, 0.15) is 0 Å². The molecular formula is C15H20N2O2S. The average Bonchev–Trinajstić information content (AvgIpc) is 2.36. The predicted octanol–water partition coefficient (Wildman–Crippen LogP) is 2.95. The quantitative estimate of drug-likeness (QED) is 0.942. The Bertz CT molecular complexity index is 698. The van der Waals surface area contributed by atoms with Crippen molar-refractivity contribution in [2.75, 3.05) is 6.54 Å². The van der Waals surface area contributed by atoms with Crippen molar-refractivity contribution in [3.63, 3.8) is 0 Å². The van der Waals surface area contributed by atoms with Gasteiger partial charge in [-0.2, -0.15) is 0 Å². The predicted molar refractivity (Wildman–Crippen MR) is 81.0 cm³/mol. The average molecular weight is 292 g/mol. The molecule has 4 nitrogen and oxygen atoms in total. The van der Waals surface area contributed by atoms with Crippen LogP contribution in [0.15, 0.2) is 41.6 Å². The minimum absolute atomic E-state index is 0.102. The van der Waals surface area contributed by atoms with Crippen molar-refractivity contribution >= 4 is 20.8 Å². The molecule has 1 aromatic carbocycles. The van der Waals surface area contributed by atoms with Gasteiger partial charge in [0.25, 0.3) is 0 Å². The topological polar surface area (TPSA) is 59.1 Å². The summed E-state index contributed by atoms with van der Waals surface area (Å²) in [5, 5.41) is 1.52. The minimum atomic E-state index is -3.49. The molecule has 2 aromatic rings. The molecule has 2 rings (SSSR count). The monoisotopic (exact) mass is 292 g/mol. The van der Waals surface area contributed by atoms with Gasteiger partial charge < -0.3 is 0 Å². The Hall–Kier alpha value is -1.46. The van der Waals surface area contributed by atoms with Gasteiger partial charge in [-0.1, -0.05) is 32.9 Å². The van der Waals surface area contributed by atoms with Gasteiger partial charge in [0, 0.05) is 29.7 Å². The third-order valence-corrected chi connectivity index (χ3v) is 4.62. The highest BCUT2D eigenvalue weighted by molar-refractivity contribution is 7.89. The first-order valence-electron chi connectivity index (χ1n) is 6.62. The highest BCUT2D eigenvalue weighted by Crippen LogP contribution is 2.22. The van der Waals surface area contributed by atoms with E-state index in [0.717, 1.165) is 11.8 Å². The summed E-state index contributed by atoms with van der Waals surface area (Å²) >= 11 is 0. The molecule has 1 aromatic heterocycles. The Morgan fingerprint density at radius 2 is 1.95 bits per heavy atom. The molecule has 0 fully saturated rings. The third-order valence-electron chi connectivity index (χ3n) is 3.10. The highest BCUT2D eigenvalue weighted by Gasteiger charge is 2.18. The number of benzene rings is 1. The van der Waals surface area contributed by atoms with Crippen LogP contribution in [0, 0.1) is 5.41 Å². The lowest BCUT2D eigenvalue weighted by atomic mass is 9.93. The van der Waals surface area contributed by atoms with Crippen LogP contribution in [-0.2, 0) is 10.0 Å². The van der Waals surface area contributed by atoms with Crippen molar-refractivity contribution in [2.45, 2.75) is 32.1 Å². The number of rotatable bonds is 4. The molecule has 0 spiro atoms. The Balaban J connectivity index is 2.28. The third kappa shape index (κ3) is 3.55. The van der Waals surface area contributed by atoms with Crippen LogP contribution in [0.25, 0.3) is 10.8 Å². The molecule has 0 saturated carbocycles. The van der Waals surface area contributed by atoms with E-state index in [1.54, 1.807) is 30.6 Å². The zero-order valence-corrected chi connectivity index (χ0v) is 12.9. The van der Waals surface area contributed by atoms with E-state index >= 15 is 0 Å². The second-order valence-corrected chi connectivity index (χ2v) is 7.80. The summed E-state index contributed by atoms with van der Waals surface area (Å²) in [5.41, 5.74) is 0.102. The second kappa shape index (κ2) is 5.50. The molecule has 5 heteroatoms. The maximum Gasteiger partial charge on any atom is 0.241 e. The van der Waals surface area contributed by atoms with Gasteiger partial charge in [-0.25, -0.2) is 13.1 Å². The zero-order valence-electron chi connectivity index (χ0n) is 12.1. The summed E-state index contributed by atoms with van der Waals surface area (Å²) < 4.78 is 27.5. The molecule has 108 valence electrons. The molecule has 0 amide bonds. The number of hydrogen-bond acceptors (Lipinski definition) is 3. The summed E-state index contributed by atoms with van der Waals surface area (Å²) in [6.07, 6.45) is 4.07. The van der Waals surface area contributed by atoms with Crippen LogP contribution in [0.5, 0.6) is 0 Å². The maximum absolute atomic E-state index is 12.4. The summed E-state index contributed by atoms with van der Waals surface area (Å²) in [6.45, 7) is 6.70. The number of aromatic nitrogens is 1. The van der Waals surface area contributed by atoms with Crippen LogP contribution in [-0.4, -0.2) is 19.9 Å². The fraction of sp³-hybridized carbons (Fsp3) is 0.400. The normalized spacial score (nSPS) is 12.8. The summed E-state index contributed by atoms with van der Waals surface area (Å²) in [7, 11) is -3.49. The molecule has 0 bridgehead atoms. The largest absolute Gasteiger partial charge is 0.264 e. The van der Waals surface area contributed by atoms with Gasteiger partial charge in [0.2, 0.25) is 10.0 Å². The first kappa shape index (κ1) is 14.9. The van der Waals surface area contributed by atoms with E-state index in [0.29, 0.717) is 16.8 Å². The minimum Gasteiger partial charge on any atom is -0.264 e. The lowest BCUT2D eigenvalue weighted by Crippen LogP contribution is -2.27. The first-order valence-corrected chi connectivity index (χ1v) is 8.10. The van der Waals surface area contributed by atoms with Crippen LogP contribution in [0.3, 0.4) is 0 Å². The van der Waals surface area contributed by atoms with Crippen molar-refractivity contribution in [2.24, 2.45) is 5.41 Å². The van der Waals surface area contributed by atoms with E-state index in [1.165, 1.54) is 0 Å². The van der Waals surface area contributed by atoms with Crippen LogP contribution >= 0.6 is 0 Å². The lowest BCUT2D eigenvalue weighted by Gasteiger charge is -2.18. The Morgan fingerprint density at radius 3 is 2.65 bits per heavy atom. The second-order valence-electron chi connectivity index (χ2n) is 6.06. The van der Waals surface area contributed by atoms with E-state index in [4.69, 9.17) is 0 Å². The van der Waals surface area contributed by atoms with Gasteiger partial charge >= 0.3 is 0 Å². The fourth-order valence-corrected chi connectivity index (χ4v) is 3.22. The van der Waals surface area contributed by atoms with Crippen molar-refractivity contribution in [1.82, 2.24) is 9.71 Å². The molecule has 0 aliphatic rings. The number of fused-ring (bicyclic) bond motifs is 1. The van der Waals surface area contributed by atoms with Crippen molar-refractivity contribution in [1.29, 1.82) is 0 Å². The molecule has 0 atom stereocenters. The van der Waals surface area contributed by atoms with Gasteiger partial charge in [-0.15, -0.1) is 0 Å². The lowest BCUT2D eigenvalue weighted by molar-refractivity contribution is 0.378. The van der Waals surface area contributed by atoms with E-state index in [9.17, 15) is 8.42 Å². The number of sulfonamides is 1. The molecule has 0 aliphatic heterocycles. The van der Waals surface area contributed by atoms with E-state index in [-0.39, 0.29) is 5.41 Å². The van der Waals surface area contributed by atoms with Crippen LogP contribution in [0.2, 0.25) is 0 Å². The number of hydrogen-bond donors (Lipinski definition) is 1. The molecule has 0 aliphatic carbocycles. The van der Waals surface area contributed by atoms with Crippen molar-refractivity contribution in [3.05, 3.63) is 36.7 Å². The van der Waals surface area contributed by atoms with E-state index in [1.807, 2.05) is 6.07 Å².